The van der Waals surface area contributed by atoms with E-state index in [0.29, 0.717) is 23.7 Å². The van der Waals surface area contributed by atoms with E-state index in [9.17, 15) is 40.5 Å². The summed E-state index contributed by atoms with van der Waals surface area (Å²) in [6.45, 7) is 0. The van der Waals surface area contributed by atoms with Crippen molar-refractivity contribution in [3.8, 4) is 0 Å². The topological polar surface area (TPSA) is 221 Å². The first kappa shape index (κ1) is 24.3. The molecule has 2 aromatic rings. The second-order valence-electron chi connectivity index (χ2n) is 10.2. The Kier molecular flexibility index (Phi) is 5.48. The smallest absolute Gasteiger partial charge is 0.272 e. The van der Waals surface area contributed by atoms with Gasteiger partial charge in [0.15, 0.2) is 0 Å². The Morgan fingerprint density at radius 2 is 1.03 bits per heavy atom. The fourth-order valence-corrected chi connectivity index (χ4v) is 7.19. The maximum Gasteiger partial charge on any atom is 0.301 e. The lowest BCUT2D eigenvalue weighted by molar-refractivity contribution is -0.393. The average Bonchev–Trinajstić information content (AvgIpc) is 3.57. The van der Waals surface area contributed by atoms with Crippen LogP contribution in [-0.4, -0.2) is 31.1 Å². The van der Waals surface area contributed by atoms with Crippen LogP contribution >= 0.6 is 0 Å². The van der Waals surface area contributed by atoms with Gasteiger partial charge in [0.05, 0.1) is 31.8 Å². The summed E-state index contributed by atoms with van der Waals surface area (Å²) in [5.41, 5.74) is 5.67. The summed E-state index contributed by atoms with van der Waals surface area (Å²) in [5, 5.41) is 54.1. The van der Waals surface area contributed by atoms with E-state index in [1.165, 1.54) is 24.3 Å². The van der Waals surface area contributed by atoms with Crippen LogP contribution in [0, 0.1) is 76.0 Å². The maximum absolute atomic E-state index is 11.5. The second-order valence-corrected chi connectivity index (χ2v) is 10.2. The Balaban J connectivity index is 1.26. The molecule has 2 aromatic carbocycles. The zero-order valence-electron chi connectivity index (χ0n) is 20.0. The predicted molar refractivity (Wildman–Crippen MR) is 136 cm³/mol. The molecule has 0 saturated heterocycles. The van der Waals surface area contributed by atoms with Gasteiger partial charge in [-0.15, -0.1) is 0 Å². The first-order valence-electron chi connectivity index (χ1n) is 12.1. The van der Waals surface area contributed by atoms with E-state index in [-0.39, 0.29) is 23.2 Å². The minimum absolute atomic E-state index is 0.0538. The second kappa shape index (κ2) is 8.78. The molecule has 6 rings (SSSR count). The molecule has 0 aliphatic heterocycles. The van der Waals surface area contributed by atoms with Gasteiger partial charge in [0, 0.05) is 35.4 Å². The van der Waals surface area contributed by atoms with Crippen LogP contribution < -0.4 is 10.9 Å². The Morgan fingerprint density at radius 3 is 1.38 bits per heavy atom. The van der Waals surface area contributed by atoms with Crippen molar-refractivity contribution >= 4 is 45.5 Å². The third-order valence-corrected chi connectivity index (χ3v) is 8.58. The van der Waals surface area contributed by atoms with Crippen molar-refractivity contribution in [1.82, 2.24) is 0 Å². The number of nitro groups is 4. The van der Waals surface area contributed by atoms with Crippen LogP contribution in [0.25, 0.3) is 0 Å². The Labute approximate surface area is 218 Å². The summed E-state index contributed by atoms with van der Waals surface area (Å²) >= 11 is 0. The number of hydrazone groups is 2. The lowest BCUT2D eigenvalue weighted by Crippen LogP contribution is -2.27. The van der Waals surface area contributed by atoms with Crippen molar-refractivity contribution in [2.75, 3.05) is 10.9 Å². The zero-order chi connectivity index (χ0) is 27.6. The van der Waals surface area contributed by atoms with Gasteiger partial charge < -0.3 is 0 Å². The number of benzene rings is 2. The summed E-state index contributed by atoms with van der Waals surface area (Å²) in [7, 11) is 0. The van der Waals surface area contributed by atoms with Crippen LogP contribution in [0.4, 0.5) is 34.1 Å². The lowest BCUT2D eigenvalue weighted by atomic mass is 9.79. The maximum atomic E-state index is 11.5. The molecule has 6 atom stereocenters. The van der Waals surface area contributed by atoms with E-state index < -0.39 is 42.4 Å². The number of hydrogen-bond acceptors (Lipinski definition) is 12. The SMILES string of the molecule is O=[N+]([O-])c1ccc(N/N=C2\C[C@@H]3[C@@H]4C/C(=N\Nc5ccc([N+](=O)[O-])cc5[N+](=O)[O-])[C@@H]5[C@H]4C[C@H]3[C@@H]25)c([N+](=O)[O-])c1. The number of rotatable bonds is 8. The first-order chi connectivity index (χ1) is 18.6. The van der Waals surface area contributed by atoms with Gasteiger partial charge in [0.1, 0.15) is 11.4 Å². The minimum atomic E-state index is -0.701. The standard InChI is InChI=1S/C23H20N8O8/c32-28(33)10-1-3-16(20(5-10)30(36)37)24-26-18-8-12-13-9-19(23-15(13)7-14(12)22(18)23)27-25-17-4-2-11(29(34)35)6-21(17)31(38)39/h1-6,12-15,22-25H,7-9H2/b26-18+,27-19+/t12-,13+,14-,15+,22-,23-/m0/s1. The number of nitrogens with one attached hydrogen (secondary N) is 2. The fourth-order valence-electron chi connectivity index (χ4n) is 7.19. The Morgan fingerprint density at radius 1 is 0.615 bits per heavy atom. The van der Waals surface area contributed by atoms with Gasteiger partial charge in [0.25, 0.3) is 11.4 Å². The highest BCUT2D eigenvalue weighted by Crippen LogP contribution is 2.69. The molecule has 39 heavy (non-hydrogen) atoms. The van der Waals surface area contributed by atoms with Crippen molar-refractivity contribution in [3.05, 3.63) is 76.9 Å². The van der Waals surface area contributed by atoms with Gasteiger partial charge in [-0.25, -0.2) is 0 Å². The summed E-state index contributed by atoms with van der Waals surface area (Å²) in [6.07, 6.45) is 2.50. The molecule has 0 amide bonds. The van der Waals surface area contributed by atoms with Crippen molar-refractivity contribution in [3.63, 3.8) is 0 Å². The summed E-state index contributed by atoms with van der Waals surface area (Å²) < 4.78 is 0. The molecule has 2 bridgehead atoms. The molecule has 2 N–H and O–H groups in total. The molecule has 4 aliphatic carbocycles. The molecule has 0 unspecified atom stereocenters. The van der Waals surface area contributed by atoms with Gasteiger partial charge in [-0.2, -0.15) is 10.2 Å². The molecule has 200 valence electrons. The molecule has 4 aliphatic rings. The Bertz CT molecular complexity index is 1410. The fraction of sp³-hybridized carbons (Fsp3) is 0.391. The van der Waals surface area contributed by atoms with Gasteiger partial charge >= 0.3 is 11.4 Å². The molecule has 16 nitrogen and oxygen atoms in total. The molecule has 4 saturated carbocycles. The van der Waals surface area contributed by atoms with E-state index in [1.807, 2.05) is 0 Å². The van der Waals surface area contributed by atoms with Gasteiger partial charge in [0.2, 0.25) is 0 Å². The number of anilines is 2. The van der Waals surface area contributed by atoms with Crippen LogP contribution in [0.3, 0.4) is 0 Å². The largest absolute Gasteiger partial charge is 0.301 e. The minimum Gasteiger partial charge on any atom is -0.272 e. The molecule has 0 heterocycles. The average molecular weight is 536 g/mol. The van der Waals surface area contributed by atoms with Gasteiger partial charge in [-0.1, -0.05) is 0 Å². The molecule has 16 heteroatoms. The third kappa shape index (κ3) is 3.82. The van der Waals surface area contributed by atoms with Crippen LogP contribution in [0.15, 0.2) is 46.6 Å². The monoisotopic (exact) mass is 536 g/mol. The Hall–Kier alpha value is -5.02. The van der Waals surface area contributed by atoms with Crippen molar-refractivity contribution < 1.29 is 19.7 Å². The predicted octanol–water partition coefficient (Wildman–Crippen LogP) is 4.48. The van der Waals surface area contributed by atoms with Crippen LogP contribution in [0.5, 0.6) is 0 Å². The summed E-state index contributed by atoms with van der Waals surface area (Å²) in [5.74, 6) is 1.72. The molecule has 0 aromatic heterocycles. The summed E-state index contributed by atoms with van der Waals surface area (Å²) in [6, 6.07) is 6.66. The number of nitrogens with zero attached hydrogens (tertiary/aromatic N) is 6. The van der Waals surface area contributed by atoms with E-state index >= 15 is 0 Å². The quantitative estimate of drug-likeness (QED) is 0.355. The number of nitro benzene ring substituents is 4. The molecule has 0 radical (unpaired) electrons. The van der Waals surface area contributed by atoms with E-state index in [4.69, 9.17) is 0 Å². The van der Waals surface area contributed by atoms with E-state index in [0.717, 1.165) is 42.8 Å². The first-order valence-corrected chi connectivity index (χ1v) is 12.1. The lowest BCUT2D eigenvalue weighted by Gasteiger charge is -2.24. The summed E-state index contributed by atoms with van der Waals surface area (Å²) in [4.78, 5) is 42.2. The van der Waals surface area contributed by atoms with Crippen LogP contribution in [0.2, 0.25) is 0 Å². The molecular formula is C23H20N8O8. The molecular weight excluding hydrogens is 516 g/mol. The van der Waals surface area contributed by atoms with Crippen LogP contribution in [0.1, 0.15) is 19.3 Å². The van der Waals surface area contributed by atoms with Crippen molar-refractivity contribution in [2.45, 2.75) is 19.3 Å². The van der Waals surface area contributed by atoms with Crippen molar-refractivity contribution in [2.24, 2.45) is 45.7 Å². The van der Waals surface area contributed by atoms with Crippen LogP contribution in [-0.2, 0) is 0 Å². The highest BCUT2D eigenvalue weighted by molar-refractivity contribution is 6.01. The van der Waals surface area contributed by atoms with E-state index in [2.05, 4.69) is 21.1 Å². The molecule has 0 spiro atoms. The highest BCUT2D eigenvalue weighted by atomic mass is 16.6. The van der Waals surface area contributed by atoms with E-state index in [1.54, 1.807) is 0 Å². The van der Waals surface area contributed by atoms with Gasteiger partial charge in [-0.3, -0.25) is 51.3 Å². The number of fused-ring (bicyclic) bond motifs is 2. The third-order valence-electron chi connectivity index (χ3n) is 8.58. The molecule has 4 fully saturated rings. The normalized spacial score (nSPS) is 29.6. The van der Waals surface area contributed by atoms with Crippen molar-refractivity contribution in [1.29, 1.82) is 0 Å². The number of non-ortho nitro benzene ring substituents is 2. The number of hydrogen-bond donors (Lipinski definition) is 2. The highest BCUT2D eigenvalue weighted by Gasteiger charge is 2.67. The zero-order valence-corrected chi connectivity index (χ0v) is 20.0. The van der Waals surface area contributed by atoms with Gasteiger partial charge in [-0.05, 0) is 55.1 Å².